The van der Waals surface area contributed by atoms with Gasteiger partial charge in [-0.3, -0.25) is 0 Å². The Labute approximate surface area is 101 Å². The van der Waals surface area contributed by atoms with Crippen molar-refractivity contribution in [2.45, 2.75) is 38.6 Å². The highest BCUT2D eigenvalue weighted by Gasteiger charge is 2.20. The van der Waals surface area contributed by atoms with Crippen LogP contribution in [0.2, 0.25) is 0 Å². The summed E-state index contributed by atoms with van der Waals surface area (Å²) < 4.78 is 26.9. The van der Waals surface area contributed by atoms with Crippen LogP contribution in [0.5, 0.6) is 0 Å². The fourth-order valence-electron chi connectivity index (χ4n) is 2.14. The van der Waals surface area contributed by atoms with Crippen LogP contribution in [0, 0.1) is 17.6 Å². The monoisotopic (exact) mass is 239 g/mol. The molecule has 0 heterocycles. The van der Waals surface area contributed by atoms with Gasteiger partial charge in [-0.05, 0) is 44.4 Å². The van der Waals surface area contributed by atoms with Gasteiger partial charge in [0.2, 0.25) is 0 Å². The Morgan fingerprint density at radius 2 is 1.94 bits per heavy atom. The molecule has 1 nitrogen and oxygen atoms in total. The molecule has 1 atom stereocenters. The minimum absolute atomic E-state index is 0.152. The average molecular weight is 239 g/mol. The predicted octanol–water partition coefficient (Wildman–Crippen LogP) is 3.81. The summed E-state index contributed by atoms with van der Waals surface area (Å²) in [7, 11) is 0. The molecule has 1 aromatic carbocycles. The van der Waals surface area contributed by atoms with E-state index in [0.717, 1.165) is 18.9 Å². The van der Waals surface area contributed by atoms with E-state index in [1.54, 1.807) is 6.92 Å². The van der Waals surface area contributed by atoms with Crippen molar-refractivity contribution >= 4 is 0 Å². The Morgan fingerprint density at radius 1 is 1.29 bits per heavy atom. The van der Waals surface area contributed by atoms with Crippen molar-refractivity contribution in [3.63, 3.8) is 0 Å². The second kappa shape index (κ2) is 5.58. The molecule has 2 rings (SSSR count). The van der Waals surface area contributed by atoms with Gasteiger partial charge in [-0.15, -0.1) is 0 Å². The van der Waals surface area contributed by atoms with Crippen LogP contribution >= 0.6 is 0 Å². The maximum atomic E-state index is 13.5. The summed E-state index contributed by atoms with van der Waals surface area (Å²) in [4.78, 5) is 0. The molecule has 1 fully saturated rings. The van der Waals surface area contributed by atoms with Crippen LogP contribution in [-0.4, -0.2) is 6.54 Å². The standard InChI is InChI=1S/C14H19F2N/c1-10(17-9-3-4-11-7-8-11)14-12(15)5-2-6-13(14)16/h2,5-6,10-11,17H,3-4,7-9H2,1H3. The molecule has 0 aliphatic heterocycles. The third kappa shape index (κ3) is 3.50. The normalized spacial score (nSPS) is 17.1. The van der Waals surface area contributed by atoms with Crippen LogP contribution in [0.4, 0.5) is 8.78 Å². The molecule has 0 aromatic heterocycles. The molecule has 1 aliphatic carbocycles. The zero-order chi connectivity index (χ0) is 12.3. The molecule has 0 saturated heterocycles. The van der Waals surface area contributed by atoms with E-state index in [1.165, 1.54) is 37.5 Å². The molecule has 0 bridgehead atoms. The topological polar surface area (TPSA) is 12.0 Å². The summed E-state index contributed by atoms with van der Waals surface area (Å²) in [6, 6.07) is 3.74. The molecule has 1 saturated carbocycles. The molecule has 1 unspecified atom stereocenters. The Morgan fingerprint density at radius 3 is 2.53 bits per heavy atom. The third-order valence-electron chi connectivity index (χ3n) is 3.37. The molecule has 1 aromatic rings. The van der Waals surface area contributed by atoms with E-state index in [2.05, 4.69) is 5.32 Å². The summed E-state index contributed by atoms with van der Waals surface area (Å²) in [5.74, 6) is -0.0170. The summed E-state index contributed by atoms with van der Waals surface area (Å²) in [5, 5.41) is 3.18. The smallest absolute Gasteiger partial charge is 0.130 e. The van der Waals surface area contributed by atoms with Gasteiger partial charge in [0.15, 0.2) is 0 Å². The Balaban J connectivity index is 1.82. The van der Waals surface area contributed by atoms with Crippen LogP contribution < -0.4 is 5.32 Å². The molecule has 0 spiro atoms. The number of hydrogen-bond acceptors (Lipinski definition) is 1. The maximum Gasteiger partial charge on any atom is 0.130 e. The van der Waals surface area contributed by atoms with Crippen molar-refractivity contribution in [3.05, 3.63) is 35.4 Å². The Hall–Kier alpha value is -0.960. The molecular weight excluding hydrogens is 220 g/mol. The first kappa shape index (κ1) is 12.5. The molecular formula is C14H19F2N. The largest absolute Gasteiger partial charge is 0.310 e. The lowest BCUT2D eigenvalue weighted by Crippen LogP contribution is -2.22. The number of halogens is 2. The number of hydrogen-bond donors (Lipinski definition) is 1. The van der Waals surface area contributed by atoms with Crippen molar-refractivity contribution in [2.24, 2.45) is 5.92 Å². The van der Waals surface area contributed by atoms with Crippen molar-refractivity contribution < 1.29 is 8.78 Å². The van der Waals surface area contributed by atoms with Gasteiger partial charge in [0.05, 0.1) is 0 Å². The highest BCUT2D eigenvalue weighted by molar-refractivity contribution is 5.22. The van der Waals surface area contributed by atoms with Crippen LogP contribution in [0.25, 0.3) is 0 Å². The maximum absolute atomic E-state index is 13.5. The fraction of sp³-hybridized carbons (Fsp3) is 0.571. The minimum Gasteiger partial charge on any atom is -0.310 e. The highest BCUT2D eigenvalue weighted by atomic mass is 19.1. The number of benzene rings is 1. The van der Waals surface area contributed by atoms with Gasteiger partial charge in [-0.2, -0.15) is 0 Å². The zero-order valence-electron chi connectivity index (χ0n) is 10.2. The lowest BCUT2D eigenvalue weighted by molar-refractivity contribution is 0.477. The van der Waals surface area contributed by atoms with Gasteiger partial charge in [-0.1, -0.05) is 18.9 Å². The van der Waals surface area contributed by atoms with E-state index in [9.17, 15) is 8.78 Å². The second-order valence-corrected chi connectivity index (χ2v) is 4.90. The van der Waals surface area contributed by atoms with E-state index < -0.39 is 11.6 Å². The van der Waals surface area contributed by atoms with Gasteiger partial charge >= 0.3 is 0 Å². The zero-order valence-corrected chi connectivity index (χ0v) is 10.2. The lowest BCUT2D eigenvalue weighted by atomic mass is 10.1. The van der Waals surface area contributed by atoms with Gasteiger partial charge in [-0.25, -0.2) is 8.78 Å². The molecule has 94 valence electrons. The molecule has 3 heteroatoms. The fourth-order valence-corrected chi connectivity index (χ4v) is 2.14. The molecule has 1 aliphatic rings. The van der Waals surface area contributed by atoms with Crippen LogP contribution in [-0.2, 0) is 0 Å². The predicted molar refractivity (Wildman–Crippen MR) is 64.7 cm³/mol. The van der Waals surface area contributed by atoms with Crippen LogP contribution in [0.15, 0.2) is 18.2 Å². The summed E-state index contributed by atoms with van der Waals surface area (Å²) in [6.07, 6.45) is 5.04. The highest BCUT2D eigenvalue weighted by Crippen LogP contribution is 2.33. The number of rotatable bonds is 6. The lowest BCUT2D eigenvalue weighted by Gasteiger charge is -2.15. The summed E-state index contributed by atoms with van der Waals surface area (Å²) in [6.45, 7) is 2.63. The minimum atomic E-state index is -0.466. The molecule has 0 amide bonds. The molecule has 17 heavy (non-hydrogen) atoms. The van der Waals surface area contributed by atoms with Crippen molar-refractivity contribution in [2.75, 3.05) is 6.54 Å². The first-order chi connectivity index (χ1) is 8.18. The van der Waals surface area contributed by atoms with E-state index >= 15 is 0 Å². The van der Waals surface area contributed by atoms with Crippen molar-refractivity contribution in [1.29, 1.82) is 0 Å². The summed E-state index contributed by atoms with van der Waals surface area (Å²) >= 11 is 0. The first-order valence-electron chi connectivity index (χ1n) is 6.35. The van der Waals surface area contributed by atoms with Gasteiger partial charge in [0.1, 0.15) is 11.6 Å². The SMILES string of the molecule is CC(NCCCC1CC1)c1c(F)cccc1F. The van der Waals surface area contributed by atoms with E-state index in [-0.39, 0.29) is 11.6 Å². The van der Waals surface area contributed by atoms with Gasteiger partial charge < -0.3 is 5.32 Å². The molecule has 1 N–H and O–H groups in total. The Kier molecular flexibility index (Phi) is 4.11. The van der Waals surface area contributed by atoms with E-state index in [1.807, 2.05) is 0 Å². The van der Waals surface area contributed by atoms with Crippen molar-refractivity contribution in [3.8, 4) is 0 Å². The van der Waals surface area contributed by atoms with Gasteiger partial charge in [0.25, 0.3) is 0 Å². The quantitative estimate of drug-likeness (QED) is 0.744. The third-order valence-corrected chi connectivity index (χ3v) is 3.37. The first-order valence-corrected chi connectivity index (χ1v) is 6.35. The second-order valence-electron chi connectivity index (χ2n) is 4.90. The van der Waals surface area contributed by atoms with E-state index in [0.29, 0.717) is 0 Å². The van der Waals surface area contributed by atoms with E-state index in [4.69, 9.17) is 0 Å². The number of nitrogens with one attached hydrogen (secondary N) is 1. The Bertz CT molecular complexity index is 354. The van der Waals surface area contributed by atoms with Gasteiger partial charge in [0, 0.05) is 11.6 Å². The van der Waals surface area contributed by atoms with Crippen LogP contribution in [0.3, 0.4) is 0 Å². The average Bonchev–Trinajstić information content (AvgIpc) is 3.08. The van der Waals surface area contributed by atoms with Crippen LogP contribution in [0.1, 0.15) is 44.2 Å². The summed E-state index contributed by atoms with van der Waals surface area (Å²) in [5.41, 5.74) is 0.152. The van der Waals surface area contributed by atoms with Crippen molar-refractivity contribution in [1.82, 2.24) is 5.32 Å². The molecule has 0 radical (unpaired) electrons.